The lowest BCUT2D eigenvalue weighted by molar-refractivity contribution is -0.119. The lowest BCUT2D eigenvalue weighted by Gasteiger charge is -2.24. The second-order valence-corrected chi connectivity index (χ2v) is 4.76. The molecule has 0 atom stereocenters. The largest absolute Gasteiger partial charge is 0.399 e. The third kappa shape index (κ3) is 3.20. The van der Waals surface area contributed by atoms with Gasteiger partial charge in [-0.3, -0.25) is 9.59 Å². The van der Waals surface area contributed by atoms with Gasteiger partial charge in [0.1, 0.15) is 0 Å². The number of benzene rings is 1. The number of nitrogens with one attached hydrogen (secondary N) is 2. The molecule has 108 valence electrons. The Balaban J connectivity index is 2.34. The summed E-state index contributed by atoms with van der Waals surface area (Å²) in [5.41, 5.74) is 7.67. The van der Waals surface area contributed by atoms with E-state index in [0.717, 1.165) is 6.42 Å². The van der Waals surface area contributed by atoms with Gasteiger partial charge in [-0.2, -0.15) is 0 Å². The highest BCUT2D eigenvalue weighted by Gasteiger charge is 2.20. The minimum atomic E-state index is -0.146. The van der Waals surface area contributed by atoms with Crippen LogP contribution in [0.3, 0.4) is 0 Å². The molecule has 0 bridgehead atoms. The van der Waals surface area contributed by atoms with Crippen molar-refractivity contribution in [1.29, 1.82) is 0 Å². The van der Waals surface area contributed by atoms with Crippen LogP contribution in [0.4, 0.5) is 11.4 Å². The summed E-state index contributed by atoms with van der Waals surface area (Å²) in [5, 5.41) is 5.60. The van der Waals surface area contributed by atoms with Gasteiger partial charge in [0, 0.05) is 25.3 Å². The number of nitrogens with two attached hydrogens (primary N) is 1. The number of rotatable bonds is 3. The Hall–Kier alpha value is -2.24. The first-order chi connectivity index (χ1) is 9.61. The third-order valence-corrected chi connectivity index (χ3v) is 3.21. The highest BCUT2D eigenvalue weighted by Crippen LogP contribution is 2.24. The molecule has 6 heteroatoms. The summed E-state index contributed by atoms with van der Waals surface area (Å²) in [6.45, 7) is 4.05. The standard InChI is InChI=1S/C14H20N4O2/c1-2-16-14(20)11-5-4-10(15)8-12(11)18-7-3-6-17-13(19)9-18/h4-5,8H,2-3,6-7,9,15H2,1H3,(H,16,20)(H,17,19). The van der Waals surface area contributed by atoms with Gasteiger partial charge in [0.25, 0.3) is 5.91 Å². The van der Waals surface area contributed by atoms with Crippen LogP contribution in [0.2, 0.25) is 0 Å². The average molecular weight is 276 g/mol. The van der Waals surface area contributed by atoms with Gasteiger partial charge in [0.15, 0.2) is 0 Å². The Morgan fingerprint density at radius 3 is 3.05 bits per heavy atom. The first kappa shape index (κ1) is 14.2. The predicted molar refractivity (Wildman–Crippen MR) is 78.7 cm³/mol. The van der Waals surface area contributed by atoms with Crippen molar-refractivity contribution >= 4 is 23.2 Å². The van der Waals surface area contributed by atoms with E-state index in [0.29, 0.717) is 36.6 Å². The van der Waals surface area contributed by atoms with Gasteiger partial charge < -0.3 is 21.3 Å². The second kappa shape index (κ2) is 6.27. The van der Waals surface area contributed by atoms with Crippen LogP contribution in [0.25, 0.3) is 0 Å². The SMILES string of the molecule is CCNC(=O)c1ccc(N)cc1N1CCCNC(=O)C1. The van der Waals surface area contributed by atoms with Crippen LogP contribution in [-0.2, 0) is 4.79 Å². The highest BCUT2D eigenvalue weighted by atomic mass is 16.2. The smallest absolute Gasteiger partial charge is 0.253 e. The molecule has 2 rings (SSSR count). The van der Waals surface area contributed by atoms with Crippen molar-refractivity contribution in [3.05, 3.63) is 23.8 Å². The van der Waals surface area contributed by atoms with Crippen LogP contribution in [0, 0.1) is 0 Å². The fourth-order valence-electron chi connectivity index (χ4n) is 2.27. The van der Waals surface area contributed by atoms with Gasteiger partial charge in [0.05, 0.1) is 17.8 Å². The fraction of sp³-hybridized carbons (Fsp3) is 0.429. The van der Waals surface area contributed by atoms with Crippen molar-refractivity contribution in [1.82, 2.24) is 10.6 Å². The van der Waals surface area contributed by atoms with Crippen molar-refractivity contribution in [2.75, 3.05) is 36.8 Å². The number of hydrogen-bond acceptors (Lipinski definition) is 4. The zero-order chi connectivity index (χ0) is 14.5. The fourth-order valence-corrected chi connectivity index (χ4v) is 2.27. The molecular weight excluding hydrogens is 256 g/mol. The molecule has 0 radical (unpaired) electrons. The monoisotopic (exact) mass is 276 g/mol. The number of nitrogen functional groups attached to an aromatic ring is 1. The van der Waals surface area contributed by atoms with Crippen molar-refractivity contribution in [2.24, 2.45) is 0 Å². The van der Waals surface area contributed by atoms with Gasteiger partial charge in [-0.25, -0.2) is 0 Å². The first-order valence-electron chi connectivity index (χ1n) is 6.81. The number of amides is 2. The van der Waals surface area contributed by atoms with Crippen LogP contribution in [0.5, 0.6) is 0 Å². The normalized spacial score (nSPS) is 15.4. The molecule has 1 saturated heterocycles. The van der Waals surface area contributed by atoms with Crippen molar-refractivity contribution in [2.45, 2.75) is 13.3 Å². The minimum Gasteiger partial charge on any atom is -0.399 e. The lowest BCUT2D eigenvalue weighted by atomic mass is 10.1. The summed E-state index contributed by atoms with van der Waals surface area (Å²) in [4.78, 5) is 25.7. The average Bonchev–Trinajstić information content (AvgIpc) is 2.63. The molecule has 1 aliphatic heterocycles. The molecule has 2 amide bonds. The van der Waals surface area contributed by atoms with E-state index in [4.69, 9.17) is 5.73 Å². The van der Waals surface area contributed by atoms with E-state index in [1.165, 1.54) is 0 Å². The zero-order valence-corrected chi connectivity index (χ0v) is 11.6. The van der Waals surface area contributed by atoms with Crippen LogP contribution < -0.4 is 21.3 Å². The van der Waals surface area contributed by atoms with E-state index in [2.05, 4.69) is 10.6 Å². The second-order valence-electron chi connectivity index (χ2n) is 4.76. The van der Waals surface area contributed by atoms with Crippen molar-refractivity contribution in [3.8, 4) is 0 Å². The van der Waals surface area contributed by atoms with E-state index in [9.17, 15) is 9.59 Å². The van der Waals surface area contributed by atoms with Crippen molar-refractivity contribution < 1.29 is 9.59 Å². The van der Waals surface area contributed by atoms with Gasteiger partial charge >= 0.3 is 0 Å². The summed E-state index contributed by atoms with van der Waals surface area (Å²) in [6.07, 6.45) is 0.843. The molecular formula is C14H20N4O2. The van der Waals surface area contributed by atoms with Crippen LogP contribution in [0.1, 0.15) is 23.7 Å². The summed E-state index contributed by atoms with van der Waals surface area (Å²) in [5.74, 6) is -0.182. The van der Waals surface area contributed by atoms with E-state index in [1.54, 1.807) is 18.2 Å². The predicted octanol–water partition coefficient (Wildman–Crippen LogP) is 0.345. The number of hydrogen-bond donors (Lipinski definition) is 3. The maximum absolute atomic E-state index is 12.1. The van der Waals surface area contributed by atoms with Crippen molar-refractivity contribution in [3.63, 3.8) is 0 Å². The molecule has 1 aromatic rings. The molecule has 0 spiro atoms. The molecule has 1 heterocycles. The van der Waals surface area contributed by atoms with E-state index < -0.39 is 0 Å². The Bertz CT molecular complexity index is 516. The van der Waals surface area contributed by atoms with Gasteiger partial charge in [-0.1, -0.05) is 0 Å². The maximum atomic E-state index is 12.1. The van der Waals surface area contributed by atoms with Gasteiger partial charge in [0.2, 0.25) is 5.91 Å². The Morgan fingerprint density at radius 2 is 2.30 bits per heavy atom. The molecule has 0 aliphatic carbocycles. The topological polar surface area (TPSA) is 87.5 Å². The summed E-state index contributed by atoms with van der Waals surface area (Å²) in [6, 6.07) is 5.16. The molecule has 1 aliphatic rings. The van der Waals surface area contributed by atoms with Gasteiger partial charge in [-0.15, -0.1) is 0 Å². The van der Waals surface area contributed by atoms with E-state index in [1.807, 2.05) is 11.8 Å². The maximum Gasteiger partial charge on any atom is 0.253 e. The zero-order valence-electron chi connectivity index (χ0n) is 11.6. The molecule has 6 nitrogen and oxygen atoms in total. The molecule has 1 fully saturated rings. The number of nitrogens with zero attached hydrogens (tertiary/aromatic N) is 1. The molecule has 4 N–H and O–H groups in total. The summed E-state index contributed by atoms with van der Waals surface area (Å²) >= 11 is 0. The molecule has 0 unspecified atom stereocenters. The van der Waals surface area contributed by atoms with Gasteiger partial charge in [-0.05, 0) is 31.5 Å². The van der Waals surface area contributed by atoms with E-state index >= 15 is 0 Å². The third-order valence-electron chi connectivity index (χ3n) is 3.21. The Kier molecular flexibility index (Phi) is 4.45. The number of anilines is 2. The van der Waals surface area contributed by atoms with Crippen LogP contribution in [0.15, 0.2) is 18.2 Å². The highest BCUT2D eigenvalue weighted by molar-refractivity contribution is 6.01. The molecule has 0 aromatic heterocycles. The summed E-state index contributed by atoms with van der Waals surface area (Å²) in [7, 11) is 0. The quantitative estimate of drug-likeness (QED) is 0.695. The molecule has 1 aromatic carbocycles. The number of carbonyl (C=O) groups excluding carboxylic acids is 2. The number of carbonyl (C=O) groups is 2. The Labute approximate surface area is 118 Å². The Morgan fingerprint density at radius 1 is 1.50 bits per heavy atom. The van der Waals surface area contributed by atoms with Crippen LogP contribution >= 0.6 is 0 Å². The van der Waals surface area contributed by atoms with E-state index in [-0.39, 0.29) is 18.4 Å². The minimum absolute atomic E-state index is 0.0354. The molecule has 20 heavy (non-hydrogen) atoms. The first-order valence-corrected chi connectivity index (χ1v) is 6.81. The lowest BCUT2D eigenvalue weighted by Crippen LogP contribution is -2.35. The molecule has 0 saturated carbocycles. The summed E-state index contributed by atoms with van der Waals surface area (Å²) < 4.78 is 0. The van der Waals surface area contributed by atoms with Crippen LogP contribution in [-0.4, -0.2) is 38.0 Å².